The number of rotatable bonds is 3. The van der Waals surface area contributed by atoms with Crippen molar-refractivity contribution < 1.29 is 4.74 Å². The smallest absolute Gasteiger partial charge is 0.125 e. The molecule has 0 aliphatic rings. The fourth-order valence-corrected chi connectivity index (χ4v) is 4.39. The molecule has 0 saturated heterocycles. The average Bonchev–Trinajstić information content (AvgIpc) is 2.92. The molecule has 1 atom stereocenters. The summed E-state index contributed by atoms with van der Waals surface area (Å²) in [6.45, 7) is 0. The summed E-state index contributed by atoms with van der Waals surface area (Å²) in [7, 11) is 1.67. The van der Waals surface area contributed by atoms with Gasteiger partial charge in [0.05, 0.1) is 13.2 Å². The first-order chi connectivity index (χ1) is 10.1. The number of fused-ring (bicyclic) bond motifs is 1. The molecule has 0 spiro atoms. The normalized spacial score (nSPS) is 12.6. The Morgan fingerprint density at radius 1 is 1.14 bits per heavy atom. The summed E-state index contributed by atoms with van der Waals surface area (Å²) in [5, 5.41) is 3.31. The lowest BCUT2D eigenvalue weighted by Gasteiger charge is -2.16. The zero-order valence-corrected chi connectivity index (χ0v) is 15.3. The van der Waals surface area contributed by atoms with Crippen molar-refractivity contribution in [1.82, 2.24) is 0 Å². The Kier molecular flexibility index (Phi) is 4.36. The molecule has 0 aliphatic carbocycles. The van der Waals surface area contributed by atoms with Crippen LogP contribution >= 0.6 is 43.2 Å². The number of thiophene rings is 1. The summed E-state index contributed by atoms with van der Waals surface area (Å²) < 4.78 is 8.77. The van der Waals surface area contributed by atoms with Crippen LogP contribution in [0.3, 0.4) is 0 Å². The third kappa shape index (κ3) is 2.75. The zero-order chi connectivity index (χ0) is 15.0. The molecule has 2 N–H and O–H groups in total. The molecule has 5 heteroatoms. The van der Waals surface area contributed by atoms with Crippen LogP contribution in [0.2, 0.25) is 0 Å². The van der Waals surface area contributed by atoms with E-state index in [-0.39, 0.29) is 6.04 Å². The monoisotopic (exact) mass is 425 g/mol. The highest BCUT2D eigenvalue weighted by Gasteiger charge is 2.18. The van der Waals surface area contributed by atoms with Crippen LogP contribution < -0.4 is 10.5 Å². The summed E-state index contributed by atoms with van der Waals surface area (Å²) in [5.41, 5.74) is 8.61. The Morgan fingerprint density at radius 3 is 2.71 bits per heavy atom. The lowest BCUT2D eigenvalue weighted by Crippen LogP contribution is -2.12. The zero-order valence-electron chi connectivity index (χ0n) is 11.3. The van der Waals surface area contributed by atoms with E-state index < -0.39 is 0 Å². The maximum atomic E-state index is 6.50. The minimum absolute atomic E-state index is 0.212. The van der Waals surface area contributed by atoms with Crippen molar-refractivity contribution >= 4 is 53.3 Å². The van der Waals surface area contributed by atoms with Gasteiger partial charge in [-0.15, -0.1) is 11.3 Å². The van der Waals surface area contributed by atoms with Crippen molar-refractivity contribution in [3.05, 3.63) is 61.9 Å². The summed E-state index contributed by atoms with van der Waals surface area (Å²) in [6, 6.07) is 11.9. The third-order valence-electron chi connectivity index (χ3n) is 3.45. The second kappa shape index (κ2) is 6.08. The van der Waals surface area contributed by atoms with Gasteiger partial charge < -0.3 is 10.5 Å². The number of halogens is 2. The summed E-state index contributed by atoms with van der Waals surface area (Å²) >= 11 is 8.75. The summed E-state index contributed by atoms with van der Waals surface area (Å²) in [5.74, 6) is 0.797. The molecule has 1 aromatic heterocycles. The fourth-order valence-electron chi connectivity index (χ4n) is 2.39. The first-order valence-electron chi connectivity index (χ1n) is 6.36. The largest absolute Gasteiger partial charge is 0.496 e. The van der Waals surface area contributed by atoms with Crippen LogP contribution in [-0.4, -0.2) is 7.11 Å². The molecule has 0 amide bonds. The molecule has 1 heterocycles. The van der Waals surface area contributed by atoms with Crippen molar-refractivity contribution in [3.8, 4) is 5.75 Å². The summed E-state index contributed by atoms with van der Waals surface area (Å²) in [4.78, 5) is 0. The number of ether oxygens (including phenoxy) is 1. The van der Waals surface area contributed by atoms with E-state index in [2.05, 4.69) is 43.3 Å². The highest BCUT2D eigenvalue weighted by molar-refractivity contribution is 9.11. The molecular weight excluding hydrogens is 414 g/mol. The fraction of sp³-hybridized carbons (Fsp3) is 0.125. The molecule has 3 aromatic rings. The van der Waals surface area contributed by atoms with Gasteiger partial charge in [0.1, 0.15) is 5.75 Å². The second-order valence-electron chi connectivity index (χ2n) is 4.67. The molecule has 2 aromatic carbocycles. The average molecular weight is 427 g/mol. The van der Waals surface area contributed by atoms with Gasteiger partial charge in [-0.25, -0.2) is 0 Å². The Morgan fingerprint density at radius 2 is 1.95 bits per heavy atom. The van der Waals surface area contributed by atoms with Crippen molar-refractivity contribution in [2.45, 2.75) is 6.04 Å². The van der Waals surface area contributed by atoms with Crippen LogP contribution in [0, 0.1) is 0 Å². The van der Waals surface area contributed by atoms with Gasteiger partial charge in [0.15, 0.2) is 0 Å². The third-order valence-corrected chi connectivity index (χ3v) is 5.91. The Balaban J connectivity index is 2.13. The van der Waals surface area contributed by atoms with Crippen LogP contribution in [0.15, 0.2) is 50.7 Å². The molecule has 0 fully saturated rings. The molecule has 0 aliphatic heterocycles. The number of methoxy groups -OCH3 is 1. The van der Waals surface area contributed by atoms with Gasteiger partial charge >= 0.3 is 0 Å². The Bertz CT molecular complexity index is 800. The van der Waals surface area contributed by atoms with Gasteiger partial charge in [-0.05, 0) is 50.5 Å². The highest BCUT2D eigenvalue weighted by Crippen LogP contribution is 2.38. The first-order valence-corrected chi connectivity index (χ1v) is 8.83. The Hall–Kier alpha value is -0.880. The predicted octanol–water partition coefficient (Wildman–Crippen LogP) is 5.48. The van der Waals surface area contributed by atoms with E-state index in [1.807, 2.05) is 30.3 Å². The van der Waals surface area contributed by atoms with Crippen molar-refractivity contribution in [3.63, 3.8) is 0 Å². The van der Waals surface area contributed by atoms with E-state index in [1.165, 1.54) is 10.1 Å². The van der Waals surface area contributed by atoms with Gasteiger partial charge in [-0.3, -0.25) is 0 Å². The summed E-state index contributed by atoms with van der Waals surface area (Å²) in [6.07, 6.45) is 0. The molecule has 108 valence electrons. The SMILES string of the molecule is COc1cc(Br)ccc1C(N)c1csc2c(Br)cccc12. The predicted molar refractivity (Wildman–Crippen MR) is 96.2 cm³/mol. The van der Waals surface area contributed by atoms with E-state index in [0.29, 0.717) is 0 Å². The van der Waals surface area contributed by atoms with Gasteiger partial charge in [-0.2, -0.15) is 0 Å². The van der Waals surface area contributed by atoms with Crippen LogP contribution in [-0.2, 0) is 0 Å². The van der Waals surface area contributed by atoms with Crippen LogP contribution in [0.1, 0.15) is 17.2 Å². The van der Waals surface area contributed by atoms with Gasteiger partial charge in [0.25, 0.3) is 0 Å². The number of hydrogen-bond acceptors (Lipinski definition) is 3. The van der Waals surface area contributed by atoms with Crippen molar-refractivity contribution in [2.24, 2.45) is 5.73 Å². The lowest BCUT2D eigenvalue weighted by atomic mass is 9.98. The van der Waals surface area contributed by atoms with E-state index in [0.717, 1.165) is 25.8 Å². The van der Waals surface area contributed by atoms with Gasteiger partial charge in [0, 0.05) is 19.2 Å². The quantitative estimate of drug-likeness (QED) is 0.601. The second-order valence-corrected chi connectivity index (χ2v) is 7.32. The van der Waals surface area contributed by atoms with E-state index >= 15 is 0 Å². The molecule has 2 nitrogen and oxygen atoms in total. The molecule has 21 heavy (non-hydrogen) atoms. The molecule has 0 saturated carbocycles. The number of benzene rings is 2. The first kappa shape index (κ1) is 15.0. The minimum atomic E-state index is -0.212. The van der Waals surface area contributed by atoms with Gasteiger partial charge in [0.2, 0.25) is 0 Å². The Labute approximate surface area is 144 Å². The maximum Gasteiger partial charge on any atom is 0.125 e. The molecule has 3 rings (SSSR count). The highest BCUT2D eigenvalue weighted by atomic mass is 79.9. The van der Waals surface area contributed by atoms with Crippen LogP contribution in [0.4, 0.5) is 0 Å². The molecule has 0 radical (unpaired) electrons. The van der Waals surface area contributed by atoms with E-state index in [9.17, 15) is 0 Å². The van der Waals surface area contributed by atoms with Crippen molar-refractivity contribution in [1.29, 1.82) is 0 Å². The van der Waals surface area contributed by atoms with Crippen molar-refractivity contribution in [2.75, 3.05) is 7.11 Å². The lowest BCUT2D eigenvalue weighted by molar-refractivity contribution is 0.407. The van der Waals surface area contributed by atoms with E-state index in [1.54, 1.807) is 18.4 Å². The van der Waals surface area contributed by atoms with Gasteiger partial charge in [-0.1, -0.05) is 34.1 Å². The molecule has 1 unspecified atom stereocenters. The molecule has 0 bridgehead atoms. The van der Waals surface area contributed by atoms with E-state index in [4.69, 9.17) is 10.5 Å². The maximum absolute atomic E-state index is 6.50. The van der Waals surface area contributed by atoms with Crippen LogP contribution in [0.25, 0.3) is 10.1 Å². The number of hydrogen-bond donors (Lipinski definition) is 1. The minimum Gasteiger partial charge on any atom is -0.496 e. The topological polar surface area (TPSA) is 35.2 Å². The number of nitrogens with two attached hydrogens (primary N) is 1. The molecular formula is C16H13Br2NOS. The van der Waals surface area contributed by atoms with Crippen LogP contribution in [0.5, 0.6) is 5.75 Å². The standard InChI is InChI=1S/C16H13Br2NOS/c1-20-14-7-9(17)5-6-11(14)15(19)12-8-21-16-10(12)3-2-4-13(16)18/h2-8,15H,19H2,1H3.